The normalized spacial score (nSPS) is 41.6. The molecule has 2 fully saturated rings. The maximum Gasteiger partial charge on any atom is 0.313 e. The lowest BCUT2D eigenvalue weighted by molar-refractivity contribution is -0.147. The molecule has 3 nitrogen and oxygen atoms in total. The molecule has 2 saturated carbocycles. The molecule has 2 rings (SSSR count). The first-order valence-electron chi connectivity index (χ1n) is 5.26. The molecule has 0 bridgehead atoms. The minimum Gasteiger partial charge on any atom is -0.481 e. The Labute approximate surface area is 83.5 Å². The number of rotatable bonds is 3. The molecule has 0 aromatic heterocycles. The Morgan fingerprint density at radius 2 is 1.86 bits per heavy atom. The average molecular weight is 196 g/mol. The predicted octanol–water partition coefficient (Wildman–Crippen LogP) is 1.71. The highest BCUT2D eigenvalue weighted by molar-refractivity contribution is 6.02. The van der Waals surface area contributed by atoms with Crippen molar-refractivity contribution < 1.29 is 14.7 Å². The number of hydrogen-bond acceptors (Lipinski definition) is 2. The van der Waals surface area contributed by atoms with E-state index in [0.29, 0.717) is 11.8 Å². The molecular weight excluding hydrogens is 180 g/mol. The molecule has 14 heavy (non-hydrogen) atoms. The first-order valence-corrected chi connectivity index (χ1v) is 5.26. The third kappa shape index (κ3) is 1.04. The Morgan fingerprint density at radius 3 is 2.29 bits per heavy atom. The van der Waals surface area contributed by atoms with E-state index in [4.69, 9.17) is 5.11 Å². The van der Waals surface area contributed by atoms with Crippen molar-refractivity contribution in [2.24, 2.45) is 23.2 Å². The van der Waals surface area contributed by atoms with Crippen LogP contribution in [0.1, 0.15) is 33.1 Å². The van der Waals surface area contributed by atoms with Gasteiger partial charge in [-0.3, -0.25) is 9.59 Å². The third-order valence-corrected chi connectivity index (χ3v) is 4.24. The topological polar surface area (TPSA) is 54.4 Å². The van der Waals surface area contributed by atoms with Gasteiger partial charge in [-0.25, -0.2) is 0 Å². The van der Waals surface area contributed by atoms with Gasteiger partial charge in [-0.1, -0.05) is 13.3 Å². The highest BCUT2D eigenvalue weighted by atomic mass is 16.4. The average Bonchev–Trinajstić information content (AvgIpc) is 2.54. The van der Waals surface area contributed by atoms with Crippen LogP contribution in [0.5, 0.6) is 0 Å². The summed E-state index contributed by atoms with van der Waals surface area (Å²) in [6.07, 6.45) is 3.43. The molecule has 2 aliphatic carbocycles. The summed E-state index contributed by atoms with van der Waals surface area (Å²) in [6.45, 7) is 3.45. The fourth-order valence-electron chi connectivity index (χ4n) is 3.20. The van der Waals surface area contributed by atoms with Crippen LogP contribution in [0.2, 0.25) is 0 Å². The number of carboxylic acids is 1. The largest absolute Gasteiger partial charge is 0.481 e. The van der Waals surface area contributed by atoms with Gasteiger partial charge < -0.3 is 5.11 Å². The zero-order valence-electron chi connectivity index (χ0n) is 8.62. The number of hydrogen-bond donors (Lipinski definition) is 1. The minimum atomic E-state index is -0.985. The van der Waals surface area contributed by atoms with Crippen LogP contribution in [0.3, 0.4) is 0 Å². The summed E-state index contributed by atoms with van der Waals surface area (Å²) in [6, 6.07) is 0. The monoisotopic (exact) mass is 196 g/mol. The van der Waals surface area contributed by atoms with Crippen LogP contribution >= 0.6 is 0 Å². The van der Waals surface area contributed by atoms with E-state index in [1.54, 1.807) is 0 Å². The fraction of sp³-hybridized carbons (Fsp3) is 0.818. The molecule has 0 amide bonds. The Balaban J connectivity index is 2.10. The van der Waals surface area contributed by atoms with Gasteiger partial charge in [0, 0.05) is 5.41 Å². The molecule has 0 saturated heterocycles. The molecule has 3 atom stereocenters. The number of carbonyl (C=O) groups excluding carboxylic acids is 1. The van der Waals surface area contributed by atoms with Gasteiger partial charge in [0.1, 0.15) is 5.92 Å². The molecule has 0 spiro atoms. The molecule has 0 heterocycles. The molecule has 0 aromatic carbocycles. The van der Waals surface area contributed by atoms with Crippen molar-refractivity contribution >= 4 is 11.8 Å². The Kier molecular flexibility index (Phi) is 1.95. The van der Waals surface area contributed by atoms with Crippen molar-refractivity contribution in [2.75, 3.05) is 0 Å². The van der Waals surface area contributed by atoms with Crippen molar-refractivity contribution in [3.05, 3.63) is 0 Å². The molecular formula is C11H16O3. The van der Waals surface area contributed by atoms with E-state index in [1.165, 1.54) is 13.3 Å². The van der Waals surface area contributed by atoms with Gasteiger partial charge >= 0.3 is 5.97 Å². The van der Waals surface area contributed by atoms with Crippen LogP contribution in [0.4, 0.5) is 0 Å². The van der Waals surface area contributed by atoms with E-state index in [-0.39, 0.29) is 11.2 Å². The van der Waals surface area contributed by atoms with Crippen molar-refractivity contribution in [2.45, 2.75) is 33.1 Å². The molecule has 0 radical (unpaired) electrons. The summed E-state index contributed by atoms with van der Waals surface area (Å²) in [5.74, 6) is -0.903. The molecule has 2 aliphatic rings. The zero-order chi connectivity index (χ0) is 10.5. The van der Waals surface area contributed by atoms with Crippen LogP contribution in [0, 0.1) is 23.2 Å². The quantitative estimate of drug-likeness (QED) is 0.699. The lowest BCUT2D eigenvalue weighted by Gasteiger charge is -2.16. The standard InChI is InChI=1S/C11H16O3/c1-6(10(13)14)9(12)11(2)7-4-3-5-8(7)11/h6-8H,3-5H2,1-2H3,(H,13,14). The van der Waals surface area contributed by atoms with Crippen molar-refractivity contribution in [1.82, 2.24) is 0 Å². The maximum absolute atomic E-state index is 11.9. The second kappa shape index (κ2) is 2.81. The van der Waals surface area contributed by atoms with E-state index < -0.39 is 11.9 Å². The smallest absolute Gasteiger partial charge is 0.313 e. The van der Waals surface area contributed by atoms with E-state index in [9.17, 15) is 9.59 Å². The van der Waals surface area contributed by atoms with Crippen molar-refractivity contribution in [3.8, 4) is 0 Å². The van der Waals surface area contributed by atoms with Gasteiger partial charge in [-0.05, 0) is 31.6 Å². The van der Waals surface area contributed by atoms with Gasteiger partial charge in [0.25, 0.3) is 0 Å². The SMILES string of the molecule is CC(C(=O)O)C(=O)C1(C)C2CCCC21. The summed E-state index contributed by atoms with van der Waals surface area (Å²) >= 11 is 0. The van der Waals surface area contributed by atoms with Gasteiger partial charge in [-0.2, -0.15) is 0 Å². The predicted molar refractivity (Wildman–Crippen MR) is 50.7 cm³/mol. The summed E-state index contributed by atoms with van der Waals surface area (Å²) in [5, 5.41) is 8.79. The Hall–Kier alpha value is -0.860. The molecule has 78 valence electrons. The number of ketones is 1. The molecule has 1 N–H and O–H groups in total. The number of aliphatic carboxylic acids is 1. The van der Waals surface area contributed by atoms with Gasteiger partial charge in [0.15, 0.2) is 5.78 Å². The summed E-state index contributed by atoms with van der Waals surface area (Å²) < 4.78 is 0. The summed E-state index contributed by atoms with van der Waals surface area (Å²) in [7, 11) is 0. The lowest BCUT2D eigenvalue weighted by Crippen LogP contribution is -2.29. The number of Topliss-reactive ketones (excluding diaryl/α,β-unsaturated/α-hetero) is 1. The van der Waals surface area contributed by atoms with Crippen LogP contribution < -0.4 is 0 Å². The number of carbonyl (C=O) groups is 2. The van der Waals surface area contributed by atoms with E-state index in [0.717, 1.165) is 12.8 Å². The summed E-state index contributed by atoms with van der Waals surface area (Å²) in [4.78, 5) is 22.6. The first kappa shape index (κ1) is 9.69. The Bertz CT molecular complexity index is 285. The van der Waals surface area contributed by atoms with Gasteiger partial charge in [0.05, 0.1) is 0 Å². The van der Waals surface area contributed by atoms with Crippen LogP contribution in [0.15, 0.2) is 0 Å². The van der Waals surface area contributed by atoms with Crippen LogP contribution in [-0.4, -0.2) is 16.9 Å². The Morgan fingerprint density at radius 1 is 1.36 bits per heavy atom. The van der Waals surface area contributed by atoms with Crippen LogP contribution in [0.25, 0.3) is 0 Å². The highest BCUT2D eigenvalue weighted by Gasteiger charge is 2.67. The van der Waals surface area contributed by atoms with Crippen molar-refractivity contribution in [1.29, 1.82) is 0 Å². The minimum absolute atomic E-state index is 0.0558. The lowest BCUT2D eigenvalue weighted by atomic mass is 9.86. The zero-order valence-corrected chi connectivity index (χ0v) is 8.62. The van der Waals surface area contributed by atoms with Gasteiger partial charge in [0.2, 0.25) is 0 Å². The molecule has 3 heteroatoms. The maximum atomic E-state index is 11.9. The molecule has 3 unspecified atom stereocenters. The molecule has 0 aromatic rings. The number of carboxylic acid groups (broad SMARTS) is 1. The van der Waals surface area contributed by atoms with E-state index in [2.05, 4.69) is 0 Å². The van der Waals surface area contributed by atoms with E-state index in [1.807, 2.05) is 6.92 Å². The third-order valence-electron chi connectivity index (χ3n) is 4.24. The van der Waals surface area contributed by atoms with E-state index >= 15 is 0 Å². The highest BCUT2D eigenvalue weighted by Crippen LogP contribution is 2.68. The second-order valence-electron chi connectivity index (χ2n) is 4.85. The second-order valence-corrected chi connectivity index (χ2v) is 4.85. The number of fused-ring (bicyclic) bond motifs is 1. The van der Waals surface area contributed by atoms with Crippen molar-refractivity contribution in [3.63, 3.8) is 0 Å². The molecule has 0 aliphatic heterocycles. The summed E-state index contributed by atoms with van der Waals surface area (Å²) in [5.41, 5.74) is -0.296. The van der Waals surface area contributed by atoms with Gasteiger partial charge in [-0.15, -0.1) is 0 Å². The fourth-order valence-corrected chi connectivity index (χ4v) is 3.20. The first-order chi connectivity index (χ1) is 6.49. The van der Waals surface area contributed by atoms with Crippen LogP contribution in [-0.2, 0) is 9.59 Å².